The second-order valence-electron chi connectivity index (χ2n) is 6.62. The Morgan fingerprint density at radius 1 is 1.29 bits per heavy atom. The van der Waals surface area contributed by atoms with E-state index in [0.717, 1.165) is 46.4 Å². The van der Waals surface area contributed by atoms with Gasteiger partial charge in [-0.05, 0) is 56.6 Å². The molecule has 3 heteroatoms. The Labute approximate surface area is 151 Å². The van der Waals surface area contributed by atoms with E-state index < -0.39 is 13.3 Å². The Balaban J connectivity index is 1.88. The van der Waals surface area contributed by atoms with E-state index in [1.54, 1.807) is 29.0 Å². The lowest BCUT2D eigenvalue weighted by molar-refractivity contribution is 0.309. The van der Waals surface area contributed by atoms with Crippen LogP contribution in [0, 0.1) is 13.8 Å². The van der Waals surface area contributed by atoms with Crippen molar-refractivity contribution in [3.8, 4) is 0 Å². The Morgan fingerprint density at radius 2 is 2.21 bits per heavy atom. The van der Waals surface area contributed by atoms with Crippen molar-refractivity contribution in [1.82, 2.24) is 14.5 Å². The van der Waals surface area contributed by atoms with Gasteiger partial charge in [-0.3, -0.25) is 4.98 Å². The summed E-state index contributed by atoms with van der Waals surface area (Å²) in [5.74, 6) is 0. The smallest absolute Gasteiger partial charge is 0.0501 e. The summed E-state index contributed by atoms with van der Waals surface area (Å²) in [6.45, 7) is -0.396. The van der Waals surface area contributed by atoms with Crippen LogP contribution in [0.5, 0.6) is 0 Å². The molecule has 3 aromatic rings. The fourth-order valence-electron chi connectivity index (χ4n) is 3.45. The summed E-state index contributed by atoms with van der Waals surface area (Å²) >= 11 is 0. The van der Waals surface area contributed by atoms with Crippen molar-refractivity contribution in [3.63, 3.8) is 0 Å². The van der Waals surface area contributed by atoms with Crippen molar-refractivity contribution in [2.75, 3.05) is 13.6 Å². The number of rotatable bonds is 3. The molecule has 3 nitrogen and oxygen atoms in total. The summed E-state index contributed by atoms with van der Waals surface area (Å²) < 4.78 is 42.9. The molecule has 3 heterocycles. The molecule has 1 aromatic carbocycles. The van der Waals surface area contributed by atoms with Crippen LogP contribution in [0.4, 0.5) is 0 Å². The highest BCUT2D eigenvalue weighted by atomic mass is 15.1. The molecule has 0 saturated heterocycles. The highest BCUT2D eigenvalue weighted by molar-refractivity contribution is 5.86. The molecule has 0 N–H and O–H groups in total. The zero-order chi connectivity index (χ0) is 21.0. The molecule has 0 saturated carbocycles. The minimum Gasteiger partial charge on any atom is -0.344 e. The van der Waals surface area contributed by atoms with Crippen LogP contribution in [0.25, 0.3) is 10.9 Å². The van der Waals surface area contributed by atoms with Gasteiger partial charge in [0.1, 0.15) is 0 Å². The maximum atomic E-state index is 8.90. The van der Waals surface area contributed by atoms with Crippen molar-refractivity contribution in [2.45, 2.75) is 39.7 Å². The Morgan fingerprint density at radius 3 is 3.00 bits per heavy atom. The van der Waals surface area contributed by atoms with Crippen LogP contribution in [0.3, 0.4) is 0 Å². The molecule has 1 aliphatic heterocycles. The van der Waals surface area contributed by atoms with Crippen LogP contribution < -0.4 is 0 Å². The fourth-order valence-corrected chi connectivity index (χ4v) is 3.45. The third-order valence-corrected chi connectivity index (χ3v) is 4.75. The van der Waals surface area contributed by atoms with Crippen LogP contribution in [-0.4, -0.2) is 28.0 Å². The Bertz CT molecular complexity index is 1050. The van der Waals surface area contributed by atoms with Crippen LogP contribution in [0.1, 0.15) is 34.9 Å². The standard InChI is InChI=1S/C21H25N3/c1-15-4-7-20-18(12-15)19-14-23(3)10-9-21(19)24(20)11-8-17-6-5-16(2)22-13-17/h4-7,12-13H,8-11,14H2,1-3H3/i1D3,11D2. The lowest BCUT2D eigenvalue weighted by Crippen LogP contribution is -2.27. The number of aromatic nitrogens is 2. The molecular formula is C21H25N3. The molecule has 0 aliphatic carbocycles. The van der Waals surface area contributed by atoms with E-state index in [4.69, 9.17) is 6.85 Å². The monoisotopic (exact) mass is 324 g/mol. The minimum absolute atomic E-state index is 0.202. The largest absolute Gasteiger partial charge is 0.344 e. The van der Waals surface area contributed by atoms with Gasteiger partial charge in [0.2, 0.25) is 0 Å². The average Bonchev–Trinajstić information content (AvgIpc) is 2.96. The van der Waals surface area contributed by atoms with E-state index in [9.17, 15) is 0 Å². The quantitative estimate of drug-likeness (QED) is 0.729. The van der Waals surface area contributed by atoms with Gasteiger partial charge in [-0.2, -0.15) is 0 Å². The van der Waals surface area contributed by atoms with Crippen LogP contribution in [-0.2, 0) is 25.9 Å². The number of fused-ring (bicyclic) bond motifs is 3. The molecule has 0 bridgehead atoms. The van der Waals surface area contributed by atoms with E-state index >= 15 is 0 Å². The summed E-state index contributed by atoms with van der Waals surface area (Å²) in [5.41, 5.74) is 4.78. The normalized spacial score (nSPS) is 19.2. The zero-order valence-corrected chi connectivity index (χ0v) is 14.1. The lowest BCUT2D eigenvalue weighted by atomic mass is 10.0. The molecule has 124 valence electrons. The van der Waals surface area contributed by atoms with E-state index in [-0.39, 0.29) is 6.42 Å². The van der Waals surface area contributed by atoms with Crippen molar-refractivity contribution in [3.05, 3.63) is 64.6 Å². The highest BCUT2D eigenvalue weighted by Gasteiger charge is 2.22. The van der Waals surface area contributed by atoms with E-state index in [0.29, 0.717) is 12.1 Å². The van der Waals surface area contributed by atoms with E-state index in [2.05, 4.69) is 9.88 Å². The van der Waals surface area contributed by atoms with Crippen LogP contribution >= 0.6 is 0 Å². The maximum absolute atomic E-state index is 8.90. The maximum Gasteiger partial charge on any atom is 0.0501 e. The first-order chi connectivity index (χ1) is 13.6. The predicted octanol–water partition coefficient (Wildman–Crippen LogP) is 3.88. The summed E-state index contributed by atoms with van der Waals surface area (Å²) in [5, 5.41) is 0.839. The first-order valence-corrected chi connectivity index (χ1v) is 8.33. The number of benzene rings is 1. The molecule has 1 aliphatic rings. The summed E-state index contributed by atoms with van der Waals surface area (Å²) in [6, 6.07) is 8.90. The SMILES string of the molecule is [2H]C([2H])([2H])c1ccc2c(c1)c1c(n2C([2H])([2H])Cc2ccc(C)nc2)CCN(C)C1. The second kappa shape index (κ2) is 6.06. The van der Waals surface area contributed by atoms with E-state index in [1.807, 2.05) is 26.1 Å². The number of nitrogens with zero attached hydrogens (tertiary/aromatic N) is 3. The first kappa shape index (κ1) is 10.7. The molecule has 0 atom stereocenters. The van der Waals surface area contributed by atoms with Crippen LogP contribution in [0.15, 0.2) is 36.5 Å². The van der Waals surface area contributed by atoms with Crippen molar-refractivity contribution in [1.29, 1.82) is 0 Å². The number of likely N-dealkylation sites (N-methyl/N-ethyl adjacent to an activating group) is 1. The van der Waals surface area contributed by atoms with Gasteiger partial charge in [0.15, 0.2) is 0 Å². The van der Waals surface area contributed by atoms with Gasteiger partial charge in [0.05, 0.1) is 2.74 Å². The highest BCUT2D eigenvalue weighted by Crippen LogP contribution is 2.31. The van der Waals surface area contributed by atoms with Gasteiger partial charge in [-0.25, -0.2) is 0 Å². The van der Waals surface area contributed by atoms with Gasteiger partial charge in [0, 0.05) is 58.6 Å². The van der Waals surface area contributed by atoms with E-state index in [1.165, 1.54) is 0 Å². The lowest BCUT2D eigenvalue weighted by Gasteiger charge is -2.24. The van der Waals surface area contributed by atoms with Gasteiger partial charge >= 0.3 is 0 Å². The van der Waals surface area contributed by atoms with Gasteiger partial charge in [-0.1, -0.05) is 17.7 Å². The summed E-state index contributed by atoms with van der Waals surface area (Å²) in [4.78, 5) is 6.49. The summed E-state index contributed by atoms with van der Waals surface area (Å²) in [7, 11) is 2.03. The second-order valence-corrected chi connectivity index (χ2v) is 6.62. The van der Waals surface area contributed by atoms with Gasteiger partial charge < -0.3 is 9.47 Å². The topological polar surface area (TPSA) is 21.1 Å². The van der Waals surface area contributed by atoms with Gasteiger partial charge in [-0.15, -0.1) is 0 Å². The molecule has 4 rings (SSSR count). The Kier molecular flexibility index (Phi) is 2.70. The number of pyridine rings is 1. The van der Waals surface area contributed by atoms with Crippen molar-refractivity contribution in [2.24, 2.45) is 0 Å². The predicted molar refractivity (Wildman–Crippen MR) is 99.4 cm³/mol. The molecule has 2 aromatic heterocycles. The molecular weight excluding hydrogens is 294 g/mol. The molecule has 0 amide bonds. The molecule has 0 spiro atoms. The third kappa shape index (κ3) is 2.73. The molecule has 24 heavy (non-hydrogen) atoms. The third-order valence-electron chi connectivity index (χ3n) is 4.75. The average molecular weight is 324 g/mol. The first-order valence-electron chi connectivity index (χ1n) is 10.8. The van der Waals surface area contributed by atoms with Gasteiger partial charge in [0.25, 0.3) is 0 Å². The minimum atomic E-state index is -2.18. The number of hydrogen-bond acceptors (Lipinski definition) is 2. The summed E-state index contributed by atoms with van der Waals surface area (Å²) in [6.07, 6.45) is 2.66. The molecule has 0 radical (unpaired) electrons. The fraction of sp³-hybridized carbons (Fsp3) is 0.381. The molecule has 0 unspecified atom stereocenters. The van der Waals surface area contributed by atoms with Crippen molar-refractivity contribution < 1.29 is 6.85 Å². The molecule has 0 fully saturated rings. The number of hydrogen-bond donors (Lipinski definition) is 0. The number of aryl methyl sites for hydroxylation is 4. The zero-order valence-electron chi connectivity index (χ0n) is 19.1. The van der Waals surface area contributed by atoms with Crippen LogP contribution in [0.2, 0.25) is 0 Å². The van der Waals surface area contributed by atoms with Crippen molar-refractivity contribution >= 4 is 10.9 Å². The Hall–Kier alpha value is -2.13.